The van der Waals surface area contributed by atoms with Gasteiger partial charge in [0.15, 0.2) is 0 Å². The zero-order chi connectivity index (χ0) is 28.4. The second kappa shape index (κ2) is 11.3. The third-order valence-electron chi connectivity index (χ3n) is 8.31. The molecule has 0 atom stereocenters. The minimum Gasteiger partial charge on any atom is -0.494 e. The number of likely N-dealkylation sites (N-methyl/N-ethyl adjacent to an activating group) is 1. The highest BCUT2D eigenvalue weighted by Gasteiger charge is 2.43. The van der Waals surface area contributed by atoms with Gasteiger partial charge in [-0.1, -0.05) is 54.6 Å². The lowest BCUT2D eigenvalue weighted by molar-refractivity contribution is 0.124. The Hall–Kier alpha value is -4.24. The standard InChI is InChI=1S/C32H36BN3O5/c1-34-20-30(37)40-33(41-31(38)21-34)26-11-13-27(14-12-26)39-22-25-9-7-24(8-10-25)19-36-17-15-32(16-18-36)23-35(2)29-6-4-3-5-28(29)32/h3-14,20-21,37-38H,15-19,22-23H2,1-2H3/b30-20-,31-21-. The van der Waals surface area contributed by atoms with Gasteiger partial charge in [0.2, 0.25) is 0 Å². The van der Waals surface area contributed by atoms with Crippen molar-refractivity contribution in [3.8, 4) is 5.75 Å². The molecule has 0 amide bonds. The zero-order valence-electron chi connectivity index (χ0n) is 23.6. The van der Waals surface area contributed by atoms with Gasteiger partial charge in [0.25, 0.3) is 11.9 Å². The molecule has 0 radical (unpaired) electrons. The van der Waals surface area contributed by atoms with Gasteiger partial charge in [-0.15, -0.1) is 0 Å². The van der Waals surface area contributed by atoms with Crippen LogP contribution in [0.3, 0.4) is 0 Å². The monoisotopic (exact) mass is 553 g/mol. The Morgan fingerprint density at radius 1 is 0.829 bits per heavy atom. The summed E-state index contributed by atoms with van der Waals surface area (Å²) in [5, 5.41) is 19.9. The van der Waals surface area contributed by atoms with Gasteiger partial charge in [-0.3, -0.25) is 4.90 Å². The van der Waals surface area contributed by atoms with Crippen molar-refractivity contribution in [1.82, 2.24) is 9.80 Å². The van der Waals surface area contributed by atoms with E-state index in [1.165, 1.54) is 47.0 Å². The Morgan fingerprint density at radius 2 is 1.46 bits per heavy atom. The van der Waals surface area contributed by atoms with Crippen molar-refractivity contribution < 1.29 is 24.3 Å². The van der Waals surface area contributed by atoms with Gasteiger partial charge in [0.1, 0.15) is 12.4 Å². The van der Waals surface area contributed by atoms with E-state index >= 15 is 0 Å². The number of rotatable bonds is 6. The molecule has 2 N–H and O–H groups in total. The Balaban J connectivity index is 0.994. The maximum absolute atomic E-state index is 9.94. The topological polar surface area (TPSA) is 77.9 Å². The first-order chi connectivity index (χ1) is 19.9. The van der Waals surface area contributed by atoms with Crippen LogP contribution >= 0.6 is 0 Å². The molecule has 3 aromatic carbocycles. The summed E-state index contributed by atoms with van der Waals surface area (Å²) in [6, 6.07) is 24.8. The molecule has 0 bridgehead atoms. The van der Waals surface area contributed by atoms with Crippen LogP contribution in [0.15, 0.2) is 97.1 Å². The number of aliphatic hydroxyl groups excluding tert-OH is 2. The third kappa shape index (κ3) is 5.95. The Morgan fingerprint density at radius 3 is 2.15 bits per heavy atom. The number of nitrogens with zero attached hydrogens (tertiary/aromatic N) is 3. The number of aliphatic hydroxyl groups is 2. The Bertz CT molecular complexity index is 1400. The van der Waals surface area contributed by atoms with Crippen LogP contribution in [0.4, 0.5) is 5.69 Å². The summed E-state index contributed by atoms with van der Waals surface area (Å²) in [5.41, 5.74) is 6.27. The Kier molecular flexibility index (Phi) is 7.45. The van der Waals surface area contributed by atoms with Crippen LogP contribution < -0.4 is 15.1 Å². The molecule has 8 nitrogen and oxygen atoms in total. The highest BCUT2D eigenvalue weighted by molar-refractivity contribution is 6.61. The molecule has 1 fully saturated rings. The highest BCUT2D eigenvalue weighted by atomic mass is 16.7. The summed E-state index contributed by atoms with van der Waals surface area (Å²) in [5.74, 6) is 0.0626. The molecular formula is C32H36BN3O5. The van der Waals surface area contributed by atoms with E-state index in [1.807, 2.05) is 12.1 Å². The van der Waals surface area contributed by atoms with E-state index in [0.717, 1.165) is 31.7 Å². The molecular weight excluding hydrogens is 517 g/mol. The number of piperidine rings is 1. The number of likely N-dealkylation sites (tertiary alicyclic amines) is 1. The van der Waals surface area contributed by atoms with Gasteiger partial charge in [-0.2, -0.15) is 0 Å². The van der Waals surface area contributed by atoms with Gasteiger partial charge < -0.3 is 34.1 Å². The van der Waals surface area contributed by atoms with Gasteiger partial charge in [-0.25, -0.2) is 0 Å². The summed E-state index contributed by atoms with van der Waals surface area (Å²) < 4.78 is 16.8. The Labute approximate surface area is 241 Å². The fourth-order valence-electron chi connectivity index (χ4n) is 6.16. The first-order valence-corrected chi connectivity index (χ1v) is 14.1. The summed E-state index contributed by atoms with van der Waals surface area (Å²) in [6.07, 6.45) is 5.07. The number of fused-ring (bicyclic) bond motifs is 2. The first-order valence-electron chi connectivity index (χ1n) is 14.1. The highest BCUT2D eigenvalue weighted by Crippen LogP contribution is 2.46. The van der Waals surface area contributed by atoms with Crippen molar-refractivity contribution in [2.45, 2.75) is 31.4 Å². The second-order valence-corrected chi connectivity index (χ2v) is 11.3. The molecule has 0 aliphatic carbocycles. The summed E-state index contributed by atoms with van der Waals surface area (Å²) in [4.78, 5) is 6.43. The summed E-state index contributed by atoms with van der Waals surface area (Å²) in [6.45, 7) is 4.77. The normalized spacial score (nSPS) is 21.1. The van der Waals surface area contributed by atoms with E-state index in [-0.39, 0.29) is 11.9 Å². The van der Waals surface area contributed by atoms with E-state index in [4.69, 9.17) is 14.0 Å². The lowest BCUT2D eigenvalue weighted by atomic mass is 9.74. The molecule has 212 valence electrons. The summed E-state index contributed by atoms with van der Waals surface area (Å²) >= 11 is 0. The van der Waals surface area contributed by atoms with E-state index in [1.54, 1.807) is 19.2 Å². The number of ether oxygens (including phenoxy) is 1. The van der Waals surface area contributed by atoms with Crippen molar-refractivity contribution in [2.75, 3.05) is 38.6 Å². The lowest BCUT2D eigenvalue weighted by Crippen LogP contribution is -2.44. The van der Waals surface area contributed by atoms with Crippen LogP contribution in [0.25, 0.3) is 0 Å². The largest absolute Gasteiger partial charge is 0.636 e. The first kappa shape index (κ1) is 27.0. The molecule has 0 saturated carbocycles. The average molecular weight is 553 g/mol. The zero-order valence-corrected chi connectivity index (χ0v) is 23.6. The van der Waals surface area contributed by atoms with Gasteiger partial charge >= 0.3 is 7.12 Å². The molecule has 1 spiro atoms. The number of benzene rings is 3. The van der Waals surface area contributed by atoms with Crippen LogP contribution in [0.1, 0.15) is 29.5 Å². The van der Waals surface area contributed by atoms with Gasteiger partial charge in [-0.05, 0) is 60.8 Å². The number of hydrogen-bond donors (Lipinski definition) is 2. The molecule has 6 rings (SSSR count). The van der Waals surface area contributed by atoms with E-state index in [2.05, 4.69) is 65.4 Å². The van der Waals surface area contributed by atoms with Crippen molar-refractivity contribution in [1.29, 1.82) is 0 Å². The van der Waals surface area contributed by atoms with Crippen LogP contribution in [-0.2, 0) is 27.9 Å². The van der Waals surface area contributed by atoms with E-state index < -0.39 is 7.12 Å². The maximum Gasteiger partial charge on any atom is 0.636 e. The number of hydrogen-bond acceptors (Lipinski definition) is 8. The summed E-state index contributed by atoms with van der Waals surface area (Å²) in [7, 11) is 2.87. The molecule has 41 heavy (non-hydrogen) atoms. The maximum atomic E-state index is 9.94. The molecule has 3 heterocycles. The fourth-order valence-corrected chi connectivity index (χ4v) is 6.16. The molecule has 9 heteroatoms. The minimum atomic E-state index is -0.987. The van der Waals surface area contributed by atoms with E-state index in [9.17, 15) is 10.2 Å². The number of anilines is 1. The van der Waals surface area contributed by atoms with Gasteiger partial charge in [0.05, 0.1) is 12.4 Å². The average Bonchev–Trinajstić information content (AvgIpc) is 3.24. The molecule has 1 saturated heterocycles. The molecule has 3 aliphatic rings. The van der Waals surface area contributed by atoms with Crippen molar-refractivity contribution in [3.05, 3.63) is 114 Å². The predicted molar refractivity (Wildman–Crippen MR) is 160 cm³/mol. The van der Waals surface area contributed by atoms with Gasteiger partial charge in [0, 0.05) is 43.8 Å². The molecule has 0 unspecified atom stereocenters. The third-order valence-corrected chi connectivity index (χ3v) is 8.31. The minimum absolute atomic E-state index is 0.297. The smallest absolute Gasteiger partial charge is 0.494 e. The van der Waals surface area contributed by atoms with Crippen LogP contribution in [0.2, 0.25) is 0 Å². The van der Waals surface area contributed by atoms with Crippen LogP contribution in [0, 0.1) is 0 Å². The van der Waals surface area contributed by atoms with Crippen molar-refractivity contribution in [2.24, 2.45) is 0 Å². The quantitative estimate of drug-likeness (QED) is 0.428. The predicted octanol–water partition coefficient (Wildman–Crippen LogP) is 4.64. The SMILES string of the molecule is CN1/C=C(/O)OB(c2ccc(OCc3ccc(CN4CCC5(CC4)CN(C)c4ccccc45)cc3)cc2)O/C(O)=C\1. The van der Waals surface area contributed by atoms with Crippen molar-refractivity contribution >= 4 is 18.3 Å². The second-order valence-electron chi connectivity index (χ2n) is 11.3. The lowest BCUT2D eigenvalue weighted by Gasteiger charge is -2.40. The van der Waals surface area contributed by atoms with Crippen LogP contribution in [0.5, 0.6) is 5.75 Å². The molecule has 3 aromatic rings. The molecule has 0 aromatic heterocycles. The van der Waals surface area contributed by atoms with E-state index in [0.29, 0.717) is 23.2 Å². The number of para-hydroxylation sites is 1. The fraction of sp³-hybridized carbons (Fsp3) is 0.312. The van der Waals surface area contributed by atoms with Crippen molar-refractivity contribution in [3.63, 3.8) is 0 Å². The molecule has 3 aliphatic heterocycles. The van der Waals surface area contributed by atoms with Crippen LogP contribution in [-0.4, -0.2) is 60.9 Å².